The minimum Gasteiger partial charge on any atom is -0.485 e. The summed E-state index contributed by atoms with van der Waals surface area (Å²) in [5.41, 5.74) is 2.25. The Morgan fingerprint density at radius 1 is 1.14 bits per heavy atom. The Labute approximate surface area is 259 Å². The van der Waals surface area contributed by atoms with Crippen molar-refractivity contribution >= 4 is 28.7 Å². The Bertz CT molecular complexity index is 1720. The van der Waals surface area contributed by atoms with Crippen LogP contribution in [0, 0.1) is 5.82 Å². The molecule has 5 heterocycles. The quantitative estimate of drug-likeness (QED) is 0.237. The molecule has 0 N–H and O–H groups in total. The van der Waals surface area contributed by atoms with Gasteiger partial charge in [0.05, 0.1) is 26.3 Å². The number of imidazole rings is 1. The number of halogens is 2. The zero-order chi connectivity index (χ0) is 30.4. The van der Waals surface area contributed by atoms with E-state index in [1.807, 2.05) is 25.1 Å². The monoisotopic (exact) mass is 620 g/mol. The molecule has 44 heavy (non-hydrogen) atoms. The number of aromatic nitrogens is 3. The summed E-state index contributed by atoms with van der Waals surface area (Å²) >= 11 is 5.98. The molecule has 0 spiro atoms. The molecule has 9 nitrogen and oxygen atoms in total. The molecule has 0 bridgehead atoms. The lowest BCUT2D eigenvalue weighted by atomic mass is 9.87. The van der Waals surface area contributed by atoms with Crippen molar-refractivity contribution in [3.05, 3.63) is 82.0 Å². The van der Waals surface area contributed by atoms with Gasteiger partial charge >= 0.3 is 5.97 Å². The molecular formula is C33H34ClFN4O5. The van der Waals surface area contributed by atoms with Crippen LogP contribution in [0.4, 0.5) is 4.39 Å². The Hall–Kier alpha value is -3.73. The van der Waals surface area contributed by atoms with Gasteiger partial charge in [0.15, 0.2) is 28.4 Å². The number of methoxy groups -OCH3 is 1. The SMILES string of the molecule is COC(=O)c1ccc2nc(CN3CCC(c4cccc5c4OCC(C)(c4ccc(Cl)cc4F)O5)CC3)n(C[C@@H]3CCO3)c2n1. The van der Waals surface area contributed by atoms with E-state index in [2.05, 4.69) is 20.5 Å². The highest BCUT2D eigenvalue weighted by Crippen LogP contribution is 2.46. The van der Waals surface area contributed by atoms with Crippen molar-refractivity contribution in [1.29, 1.82) is 0 Å². The number of benzene rings is 2. The molecule has 0 radical (unpaired) electrons. The summed E-state index contributed by atoms with van der Waals surface area (Å²) in [5.74, 6) is 1.69. The van der Waals surface area contributed by atoms with E-state index in [4.69, 9.17) is 35.5 Å². The van der Waals surface area contributed by atoms with E-state index in [1.165, 1.54) is 13.2 Å². The number of ether oxygens (including phenoxy) is 4. The molecule has 3 aliphatic heterocycles. The smallest absolute Gasteiger partial charge is 0.356 e. The maximum absolute atomic E-state index is 14.8. The topological polar surface area (TPSA) is 87.9 Å². The number of piperidine rings is 1. The van der Waals surface area contributed by atoms with Crippen LogP contribution in [0.1, 0.15) is 59.5 Å². The Morgan fingerprint density at radius 3 is 2.68 bits per heavy atom. The summed E-state index contributed by atoms with van der Waals surface area (Å²) in [6.45, 7) is 5.87. The minimum atomic E-state index is -0.966. The van der Waals surface area contributed by atoms with Crippen molar-refractivity contribution < 1.29 is 28.1 Å². The lowest BCUT2D eigenvalue weighted by molar-refractivity contribution is -0.0593. The molecule has 0 aliphatic carbocycles. The van der Waals surface area contributed by atoms with Gasteiger partial charge in [0, 0.05) is 22.8 Å². The minimum absolute atomic E-state index is 0.116. The normalized spacial score (nSPS) is 22.1. The number of fused-ring (bicyclic) bond motifs is 2. The van der Waals surface area contributed by atoms with Gasteiger partial charge in [0.1, 0.15) is 23.8 Å². The van der Waals surface area contributed by atoms with Crippen molar-refractivity contribution in [1.82, 2.24) is 19.4 Å². The van der Waals surface area contributed by atoms with Gasteiger partial charge in [-0.05, 0) is 75.5 Å². The maximum atomic E-state index is 14.8. The van der Waals surface area contributed by atoms with Crippen LogP contribution < -0.4 is 9.47 Å². The van der Waals surface area contributed by atoms with Crippen molar-refractivity contribution in [2.75, 3.05) is 33.4 Å². The first kappa shape index (κ1) is 29.0. The van der Waals surface area contributed by atoms with Crippen LogP contribution in [0.3, 0.4) is 0 Å². The van der Waals surface area contributed by atoms with Crippen LogP contribution in [0.2, 0.25) is 5.02 Å². The lowest BCUT2D eigenvalue weighted by Gasteiger charge is -2.38. The summed E-state index contributed by atoms with van der Waals surface area (Å²) < 4.78 is 40.2. The van der Waals surface area contributed by atoms with E-state index in [0.29, 0.717) is 41.0 Å². The maximum Gasteiger partial charge on any atom is 0.356 e. The van der Waals surface area contributed by atoms with Crippen LogP contribution in [-0.4, -0.2) is 64.9 Å². The molecular weight excluding hydrogens is 587 g/mol. The van der Waals surface area contributed by atoms with E-state index < -0.39 is 17.4 Å². The van der Waals surface area contributed by atoms with E-state index in [-0.39, 0.29) is 18.4 Å². The fraction of sp³-hybridized carbons (Fsp3) is 0.424. The zero-order valence-corrected chi connectivity index (χ0v) is 25.5. The van der Waals surface area contributed by atoms with E-state index in [0.717, 1.165) is 61.6 Å². The number of carbonyl (C=O) groups is 1. The first-order valence-corrected chi connectivity index (χ1v) is 15.4. The van der Waals surface area contributed by atoms with Crippen LogP contribution in [0.25, 0.3) is 11.2 Å². The fourth-order valence-corrected chi connectivity index (χ4v) is 6.59. The predicted octanol–water partition coefficient (Wildman–Crippen LogP) is 5.87. The van der Waals surface area contributed by atoms with Gasteiger partial charge in [0.2, 0.25) is 0 Å². The number of hydrogen-bond donors (Lipinski definition) is 0. The molecule has 2 atom stereocenters. The van der Waals surface area contributed by atoms with Gasteiger partial charge in [-0.1, -0.05) is 29.8 Å². The summed E-state index contributed by atoms with van der Waals surface area (Å²) in [7, 11) is 1.35. The van der Waals surface area contributed by atoms with Crippen molar-refractivity contribution in [2.45, 2.75) is 56.9 Å². The number of carbonyl (C=O) groups excluding carboxylic acids is 1. The van der Waals surface area contributed by atoms with Gasteiger partial charge in [-0.25, -0.2) is 19.2 Å². The van der Waals surface area contributed by atoms with Crippen LogP contribution in [0.15, 0.2) is 48.5 Å². The number of esters is 1. The van der Waals surface area contributed by atoms with Crippen LogP contribution in [0.5, 0.6) is 11.5 Å². The average Bonchev–Trinajstić information content (AvgIpc) is 3.34. The second-order valence-electron chi connectivity index (χ2n) is 11.9. The zero-order valence-electron chi connectivity index (χ0n) is 24.7. The van der Waals surface area contributed by atoms with Crippen molar-refractivity contribution in [2.24, 2.45) is 0 Å². The Kier molecular flexibility index (Phi) is 7.68. The molecule has 2 aromatic carbocycles. The summed E-state index contributed by atoms with van der Waals surface area (Å²) in [6, 6.07) is 14.1. The van der Waals surface area contributed by atoms with Gasteiger partial charge in [-0.15, -0.1) is 0 Å². The molecule has 4 aromatic rings. The second kappa shape index (κ2) is 11.6. The molecule has 230 valence electrons. The summed E-state index contributed by atoms with van der Waals surface area (Å²) in [6.07, 6.45) is 2.99. The van der Waals surface area contributed by atoms with Gasteiger partial charge in [0.25, 0.3) is 0 Å². The van der Waals surface area contributed by atoms with Gasteiger partial charge in [-0.3, -0.25) is 4.90 Å². The van der Waals surface area contributed by atoms with Crippen LogP contribution >= 0.6 is 11.6 Å². The van der Waals surface area contributed by atoms with Gasteiger partial charge < -0.3 is 23.5 Å². The third-order valence-electron chi connectivity index (χ3n) is 8.98. The number of para-hydroxylation sites is 1. The van der Waals surface area contributed by atoms with Crippen molar-refractivity contribution in [3.63, 3.8) is 0 Å². The number of hydrogen-bond acceptors (Lipinski definition) is 8. The molecule has 2 fully saturated rings. The van der Waals surface area contributed by atoms with Crippen molar-refractivity contribution in [3.8, 4) is 11.5 Å². The average molecular weight is 621 g/mol. The first-order chi connectivity index (χ1) is 21.3. The van der Waals surface area contributed by atoms with E-state index >= 15 is 0 Å². The Balaban J connectivity index is 1.07. The highest BCUT2D eigenvalue weighted by atomic mass is 35.5. The van der Waals surface area contributed by atoms with Gasteiger partial charge in [-0.2, -0.15) is 0 Å². The standard InChI is InChI=1S/C33H34ClFN4O5/c1-33(24-7-6-21(34)16-25(24)35)19-43-30-23(4-3-5-28(30)44-33)20-10-13-38(14-11-20)18-29-36-26-8-9-27(32(40)41-2)37-31(26)39(29)17-22-12-15-42-22/h3-9,16,20,22H,10-15,17-19H2,1-2H3/t22-,33?/m0/s1. The largest absolute Gasteiger partial charge is 0.485 e. The van der Waals surface area contributed by atoms with E-state index in [1.54, 1.807) is 18.2 Å². The lowest BCUT2D eigenvalue weighted by Crippen LogP contribution is -2.40. The second-order valence-corrected chi connectivity index (χ2v) is 12.4. The number of likely N-dealkylation sites (tertiary alicyclic amines) is 1. The molecule has 11 heteroatoms. The fourth-order valence-electron chi connectivity index (χ4n) is 6.44. The molecule has 3 aliphatic rings. The third kappa shape index (κ3) is 5.39. The molecule has 2 aromatic heterocycles. The Morgan fingerprint density at radius 2 is 1.95 bits per heavy atom. The molecule has 0 amide bonds. The molecule has 7 rings (SSSR count). The first-order valence-electron chi connectivity index (χ1n) is 15.0. The number of pyridine rings is 1. The van der Waals surface area contributed by atoms with E-state index in [9.17, 15) is 9.18 Å². The molecule has 2 saturated heterocycles. The summed E-state index contributed by atoms with van der Waals surface area (Å²) in [4.78, 5) is 24.1. The highest BCUT2D eigenvalue weighted by molar-refractivity contribution is 6.30. The highest BCUT2D eigenvalue weighted by Gasteiger charge is 2.39. The summed E-state index contributed by atoms with van der Waals surface area (Å²) in [5, 5.41) is 0.342. The predicted molar refractivity (Wildman–Crippen MR) is 162 cm³/mol. The van der Waals surface area contributed by atoms with Crippen LogP contribution in [-0.2, 0) is 28.2 Å². The molecule has 0 saturated carbocycles. The third-order valence-corrected chi connectivity index (χ3v) is 9.21. The molecule has 1 unspecified atom stereocenters. The number of nitrogens with zero attached hydrogens (tertiary/aromatic N) is 4. The number of rotatable bonds is 7.